The SMILES string of the molecule is OC(CN1CCc2c([nH]c3ncc(Cl)cc23)C1)c1ccc(Cl)c(Cl)c1. The zero-order valence-corrected chi connectivity index (χ0v) is 15.5. The average molecular weight is 397 g/mol. The molecule has 0 saturated carbocycles. The van der Waals surface area contributed by atoms with Crippen LogP contribution in [0.2, 0.25) is 15.1 Å². The highest BCUT2D eigenvalue weighted by Crippen LogP contribution is 2.30. The summed E-state index contributed by atoms with van der Waals surface area (Å²) in [5, 5.41) is 13.2. The summed E-state index contributed by atoms with van der Waals surface area (Å²) in [6.07, 6.45) is 1.93. The minimum atomic E-state index is -0.617. The second-order valence-electron chi connectivity index (χ2n) is 6.31. The summed E-state index contributed by atoms with van der Waals surface area (Å²) in [5.74, 6) is 0. The van der Waals surface area contributed by atoms with Crippen molar-refractivity contribution in [1.82, 2.24) is 14.9 Å². The van der Waals surface area contributed by atoms with Crippen molar-refractivity contribution in [3.05, 3.63) is 62.4 Å². The molecule has 0 fully saturated rings. The minimum Gasteiger partial charge on any atom is -0.387 e. The Morgan fingerprint density at radius 2 is 2.04 bits per heavy atom. The molecular formula is C18H16Cl3N3O. The van der Waals surface area contributed by atoms with Gasteiger partial charge in [-0.3, -0.25) is 4.90 Å². The number of aliphatic hydroxyl groups is 1. The highest BCUT2D eigenvalue weighted by Gasteiger charge is 2.23. The van der Waals surface area contributed by atoms with E-state index in [1.165, 1.54) is 5.56 Å². The molecule has 25 heavy (non-hydrogen) atoms. The molecule has 4 rings (SSSR count). The van der Waals surface area contributed by atoms with Gasteiger partial charge in [-0.05, 0) is 35.7 Å². The number of fused-ring (bicyclic) bond motifs is 3. The van der Waals surface area contributed by atoms with Crippen LogP contribution in [0.1, 0.15) is 22.9 Å². The Labute approximate surface area is 160 Å². The molecule has 1 aromatic carbocycles. The minimum absolute atomic E-state index is 0.456. The molecule has 2 N–H and O–H groups in total. The summed E-state index contributed by atoms with van der Waals surface area (Å²) in [4.78, 5) is 9.94. The Balaban J connectivity index is 1.52. The van der Waals surface area contributed by atoms with Gasteiger partial charge in [0.15, 0.2) is 0 Å². The van der Waals surface area contributed by atoms with E-state index in [9.17, 15) is 5.11 Å². The van der Waals surface area contributed by atoms with Crippen LogP contribution in [0.4, 0.5) is 0 Å². The normalized spacial score (nSPS) is 16.2. The molecular weight excluding hydrogens is 381 g/mol. The van der Waals surface area contributed by atoms with Gasteiger partial charge in [0, 0.05) is 36.9 Å². The quantitative estimate of drug-likeness (QED) is 0.679. The van der Waals surface area contributed by atoms with Crippen LogP contribution >= 0.6 is 34.8 Å². The highest BCUT2D eigenvalue weighted by molar-refractivity contribution is 6.42. The third-order valence-electron chi connectivity index (χ3n) is 4.63. The molecule has 1 aliphatic heterocycles. The van der Waals surface area contributed by atoms with E-state index in [4.69, 9.17) is 34.8 Å². The number of pyridine rings is 1. The van der Waals surface area contributed by atoms with Gasteiger partial charge in [0.2, 0.25) is 0 Å². The van der Waals surface area contributed by atoms with Crippen molar-refractivity contribution in [1.29, 1.82) is 0 Å². The van der Waals surface area contributed by atoms with E-state index in [1.54, 1.807) is 18.3 Å². The molecule has 0 amide bonds. The molecule has 0 radical (unpaired) electrons. The molecule has 1 aliphatic rings. The van der Waals surface area contributed by atoms with Crippen LogP contribution in [-0.4, -0.2) is 33.1 Å². The lowest BCUT2D eigenvalue weighted by atomic mass is 10.0. The number of β-amino-alcohol motifs (C(OH)–C–C–N with tert-alkyl or cyclic N) is 1. The van der Waals surface area contributed by atoms with Crippen LogP contribution in [0.25, 0.3) is 11.0 Å². The van der Waals surface area contributed by atoms with Gasteiger partial charge in [0.05, 0.1) is 21.2 Å². The lowest BCUT2D eigenvalue weighted by Gasteiger charge is -2.29. The summed E-state index contributed by atoms with van der Waals surface area (Å²) in [6.45, 7) is 2.13. The van der Waals surface area contributed by atoms with Gasteiger partial charge >= 0.3 is 0 Å². The Bertz CT molecular complexity index is 941. The number of benzene rings is 1. The number of halogens is 3. The van der Waals surface area contributed by atoms with Crippen LogP contribution in [0, 0.1) is 0 Å². The van der Waals surface area contributed by atoms with E-state index in [2.05, 4.69) is 14.9 Å². The highest BCUT2D eigenvalue weighted by atomic mass is 35.5. The van der Waals surface area contributed by atoms with Gasteiger partial charge in [0.25, 0.3) is 0 Å². The third-order valence-corrected chi connectivity index (χ3v) is 5.58. The third kappa shape index (κ3) is 3.37. The van der Waals surface area contributed by atoms with Crippen molar-refractivity contribution in [2.75, 3.05) is 13.1 Å². The molecule has 2 aromatic heterocycles. The second kappa shape index (κ2) is 6.78. The molecule has 1 atom stereocenters. The standard InChI is InChI=1S/C18H16Cl3N3O/c19-11-6-13-12-3-4-24(8-16(12)23-18(13)22-7-11)9-17(25)10-1-2-14(20)15(21)5-10/h1-2,5-7,17,25H,3-4,8-9H2,(H,22,23). The van der Waals surface area contributed by atoms with Gasteiger partial charge in [-0.15, -0.1) is 0 Å². The number of rotatable bonds is 3. The number of H-pyrrole nitrogens is 1. The number of hydrogen-bond acceptors (Lipinski definition) is 3. The van der Waals surface area contributed by atoms with Gasteiger partial charge in [-0.1, -0.05) is 40.9 Å². The van der Waals surface area contributed by atoms with E-state index >= 15 is 0 Å². The van der Waals surface area contributed by atoms with Crippen LogP contribution in [0.15, 0.2) is 30.5 Å². The summed E-state index contributed by atoms with van der Waals surface area (Å²) < 4.78 is 0. The monoisotopic (exact) mass is 395 g/mol. The lowest BCUT2D eigenvalue weighted by Crippen LogP contribution is -2.33. The Hall–Kier alpha value is -1.30. The van der Waals surface area contributed by atoms with E-state index in [-0.39, 0.29) is 0 Å². The largest absolute Gasteiger partial charge is 0.387 e. The molecule has 3 aromatic rings. The fourth-order valence-corrected chi connectivity index (χ4v) is 3.83. The van der Waals surface area contributed by atoms with Gasteiger partial charge < -0.3 is 10.1 Å². The number of aliphatic hydroxyl groups excluding tert-OH is 1. The van der Waals surface area contributed by atoms with Gasteiger partial charge in [-0.2, -0.15) is 0 Å². The van der Waals surface area contributed by atoms with E-state index in [0.717, 1.165) is 41.8 Å². The van der Waals surface area contributed by atoms with Crippen LogP contribution < -0.4 is 0 Å². The van der Waals surface area contributed by atoms with Crippen molar-refractivity contribution in [3.8, 4) is 0 Å². The number of aromatic nitrogens is 2. The van der Waals surface area contributed by atoms with Crippen molar-refractivity contribution in [2.45, 2.75) is 19.1 Å². The number of nitrogens with zero attached hydrogens (tertiary/aromatic N) is 2. The first-order valence-corrected chi connectivity index (χ1v) is 9.15. The molecule has 4 nitrogen and oxygen atoms in total. The Morgan fingerprint density at radius 3 is 2.84 bits per heavy atom. The molecule has 0 saturated heterocycles. The van der Waals surface area contributed by atoms with Crippen molar-refractivity contribution in [3.63, 3.8) is 0 Å². The average Bonchev–Trinajstić information content (AvgIpc) is 2.94. The summed E-state index contributed by atoms with van der Waals surface area (Å²) >= 11 is 18.1. The first-order chi connectivity index (χ1) is 12.0. The fourth-order valence-electron chi connectivity index (χ4n) is 3.37. The topological polar surface area (TPSA) is 52.1 Å². The van der Waals surface area contributed by atoms with E-state index < -0.39 is 6.10 Å². The molecule has 3 heterocycles. The predicted octanol–water partition coefficient (Wildman–Crippen LogP) is 4.61. The lowest BCUT2D eigenvalue weighted by molar-refractivity contribution is 0.105. The van der Waals surface area contributed by atoms with Crippen molar-refractivity contribution >= 4 is 45.8 Å². The van der Waals surface area contributed by atoms with Crippen LogP contribution in [-0.2, 0) is 13.0 Å². The molecule has 130 valence electrons. The molecule has 0 spiro atoms. The van der Waals surface area contributed by atoms with Gasteiger partial charge in [0.1, 0.15) is 5.65 Å². The fraction of sp³-hybridized carbons (Fsp3) is 0.278. The number of aromatic amines is 1. The summed E-state index contributed by atoms with van der Waals surface area (Å²) in [6, 6.07) is 7.20. The Kier molecular flexibility index (Phi) is 4.65. The predicted molar refractivity (Wildman–Crippen MR) is 102 cm³/mol. The summed E-state index contributed by atoms with van der Waals surface area (Å²) in [5.41, 5.74) is 4.04. The smallest absolute Gasteiger partial charge is 0.137 e. The molecule has 7 heteroatoms. The Morgan fingerprint density at radius 1 is 1.20 bits per heavy atom. The van der Waals surface area contributed by atoms with E-state index in [0.29, 0.717) is 21.6 Å². The first-order valence-electron chi connectivity index (χ1n) is 8.01. The maximum absolute atomic E-state index is 10.5. The van der Waals surface area contributed by atoms with Crippen molar-refractivity contribution in [2.24, 2.45) is 0 Å². The molecule has 0 bridgehead atoms. The van der Waals surface area contributed by atoms with Crippen LogP contribution in [0.5, 0.6) is 0 Å². The number of nitrogens with one attached hydrogen (secondary N) is 1. The van der Waals surface area contributed by atoms with E-state index in [1.807, 2.05) is 12.1 Å². The maximum atomic E-state index is 10.5. The number of hydrogen-bond donors (Lipinski definition) is 2. The molecule has 0 aliphatic carbocycles. The van der Waals surface area contributed by atoms with Crippen LogP contribution in [0.3, 0.4) is 0 Å². The maximum Gasteiger partial charge on any atom is 0.137 e. The molecule has 1 unspecified atom stereocenters. The second-order valence-corrected chi connectivity index (χ2v) is 7.56. The van der Waals surface area contributed by atoms with Crippen molar-refractivity contribution < 1.29 is 5.11 Å². The zero-order valence-electron chi connectivity index (χ0n) is 13.3. The summed E-state index contributed by atoms with van der Waals surface area (Å²) in [7, 11) is 0. The first kappa shape index (κ1) is 17.1. The zero-order chi connectivity index (χ0) is 17.6. The van der Waals surface area contributed by atoms with Gasteiger partial charge in [-0.25, -0.2) is 4.98 Å².